The summed E-state index contributed by atoms with van der Waals surface area (Å²) in [5, 5.41) is 8.89. The highest BCUT2D eigenvalue weighted by Gasteiger charge is 2.14. The van der Waals surface area contributed by atoms with E-state index in [0.717, 1.165) is 0 Å². The summed E-state index contributed by atoms with van der Waals surface area (Å²) in [6.07, 6.45) is 0. The molecule has 0 aliphatic heterocycles. The number of aromatic amines is 1. The van der Waals surface area contributed by atoms with Gasteiger partial charge in [0.1, 0.15) is 0 Å². The van der Waals surface area contributed by atoms with Gasteiger partial charge in [-0.05, 0) is 25.1 Å². The van der Waals surface area contributed by atoms with Gasteiger partial charge in [-0.15, -0.1) is 0 Å². The van der Waals surface area contributed by atoms with Gasteiger partial charge in [-0.2, -0.15) is 0 Å². The summed E-state index contributed by atoms with van der Waals surface area (Å²) in [7, 11) is 1.57. The van der Waals surface area contributed by atoms with E-state index in [0.29, 0.717) is 17.6 Å². The van der Waals surface area contributed by atoms with Crippen molar-refractivity contribution >= 4 is 17.0 Å². The first kappa shape index (κ1) is 12.4. The smallest absolute Gasteiger partial charge is 0.335 e. The third kappa shape index (κ3) is 2.02. The molecule has 0 amide bonds. The van der Waals surface area contributed by atoms with E-state index in [1.54, 1.807) is 17.7 Å². The summed E-state index contributed by atoms with van der Waals surface area (Å²) in [5.41, 5.74) is 1.07. The van der Waals surface area contributed by atoms with Crippen LogP contribution in [0.3, 0.4) is 0 Å². The van der Waals surface area contributed by atoms with E-state index in [-0.39, 0.29) is 17.3 Å². The van der Waals surface area contributed by atoms with E-state index in [4.69, 9.17) is 9.84 Å². The van der Waals surface area contributed by atoms with Gasteiger partial charge in [-0.3, -0.25) is 4.57 Å². The van der Waals surface area contributed by atoms with Crippen LogP contribution in [0.25, 0.3) is 11.0 Å². The number of carboxylic acids is 1. The van der Waals surface area contributed by atoms with Gasteiger partial charge in [-0.25, -0.2) is 9.59 Å². The van der Waals surface area contributed by atoms with Gasteiger partial charge in [0.25, 0.3) is 0 Å². The fourth-order valence-corrected chi connectivity index (χ4v) is 2.02. The fraction of sp³-hybridized carbons (Fsp3) is 0.333. The van der Waals surface area contributed by atoms with Gasteiger partial charge in [0.2, 0.25) is 0 Å². The number of aromatic nitrogens is 2. The number of carbonyl (C=O) groups is 1. The molecule has 96 valence electrons. The average molecular weight is 250 g/mol. The number of nitrogens with one attached hydrogen (secondary N) is 1. The Balaban J connectivity index is 2.59. The molecule has 1 unspecified atom stereocenters. The van der Waals surface area contributed by atoms with Gasteiger partial charge in [0.05, 0.1) is 29.2 Å². The first-order valence-corrected chi connectivity index (χ1v) is 5.51. The molecule has 0 radical (unpaired) electrons. The second-order valence-electron chi connectivity index (χ2n) is 4.14. The molecule has 0 aliphatic carbocycles. The number of carboxylic acid groups (broad SMARTS) is 1. The maximum Gasteiger partial charge on any atom is 0.335 e. The quantitative estimate of drug-likeness (QED) is 0.854. The SMILES string of the molecule is COCC(C)n1c(=O)[nH]c2cc(C(=O)O)ccc21. The molecule has 2 N–H and O–H groups in total. The largest absolute Gasteiger partial charge is 0.478 e. The summed E-state index contributed by atoms with van der Waals surface area (Å²) < 4.78 is 6.59. The van der Waals surface area contributed by atoms with Crippen molar-refractivity contribution in [3.63, 3.8) is 0 Å². The number of H-pyrrole nitrogens is 1. The Morgan fingerprint density at radius 3 is 2.89 bits per heavy atom. The van der Waals surface area contributed by atoms with Crippen LogP contribution in [0.2, 0.25) is 0 Å². The molecule has 1 heterocycles. The normalized spacial score (nSPS) is 12.8. The van der Waals surface area contributed by atoms with Crippen molar-refractivity contribution in [1.82, 2.24) is 9.55 Å². The molecule has 6 nitrogen and oxygen atoms in total. The molecule has 1 aromatic heterocycles. The fourth-order valence-electron chi connectivity index (χ4n) is 2.02. The monoisotopic (exact) mass is 250 g/mol. The van der Waals surface area contributed by atoms with Crippen molar-refractivity contribution in [3.05, 3.63) is 34.2 Å². The number of imidazole rings is 1. The highest BCUT2D eigenvalue weighted by atomic mass is 16.5. The molecule has 6 heteroatoms. The minimum atomic E-state index is -1.02. The van der Waals surface area contributed by atoms with Crippen LogP contribution in [-0.2, 0) is 4.74 Å². The molecular formula is C12H14N2O4. The summed E-state index contributed by atoms with van der Waals surface area (Å²) in [5.74, 6) is -1.02. The van der Waals surface area contributed by atoms with Gasteiger partial charge >= 0.3 is 11.7 Å². The predicted octanol–water partition coefficient (Wildman–Crippen LogP) is 1.24. The predicted molar refractivity (Wildman–Crippen MR) is 66.1 cm³/mol. The van der Waals surface area contributed by atoms with E-state index in [2.05, 4.69) is 4.98 Å². The van der Waals surface area contributed by atoms with E-state index in [9.17, 15) is 9.59 Å². The van der Waals surface area contributed by atoms with Crippen LogP contribution in [0, 0.1) is 0 Å². The molecule has 0 fully saturated rings. The molecule has 2 rings (SSSR count). The maximum absolute atomic E-state index is 11.8. The lowest BCUT2D eigenvalue weighted by molar-refractivity contribution is 0.0697. The summed E-state index contributed by atoms with van der Waals surface area (Å²) in [6, 6.07) is 4.44. The highest BCUT2D eigenvalue weighted by Crippen LogP contribution is 2.16. The minimum absolute atomic E-state index is 0.119. The van der Waals surface area contributed by atoms with Crippen LogP contribution < -0.4 is 5.69 Å². The Hall–Kier alpha value is -2.08. The Labute approximate surface area is 103 Å². The van der Waals surface area contributed by atoms with Crippen molar-refractivity contribution < 1.29 is 14.6 Å². The van der Waals surface area contributed by atoms with E-state index >= 15 is 0 Å². The maximum atomic E-state index is 11.8. The second-order valence-corrected chi connectivity index (χ2v) is 4.14. The standard InChI is InChI=1S/C12H14N2O4/c1-7(6-18-2)14-10-4-3-8(11(15)16)5-9(10)13-12(14)17/h3-5,7H,6H2,1-2H3,(H,13,17)(H,15,16). The van der Waals surface area contributed by atoms with E-state index in [1.807, 2.05) is 6.92 Å². The Morgan fingerprint density at radius 1 is 1.56 bits per heavy atom. The molecule has 0 saturated heterocycles. The minimum Gasteiger partial charge on any atom is -0.478 e. The van der Waals surface area contributed by atoms with Gasteiger partial charge in [-0.1, -0.05) is 0 Å². The third-order valence-corrected chi connectivity index (χ3v) is 2.81. The Bertz CT molecular complexity index is 641. The van der Waals surface area contributed by atoms with Gasteiger partial charge in [0, 0.05) is 7.11 Å². The second kappa shape index (κ2) is 4.66. The molecule has 0 saturated carbocycles. The lowest BCUT2D eigenvalue weighted by Crippen LogP contribution is -2.23. The molecule has 18 heavy (non-hydrogen) atoms. The number of fused-ring (bicyclic) bond motifs is 1. The number of rotatable bonds is 4. The van der Waals surface area contributed by atoms with Crippen molar-refractivity contribution in [3.8, 4) is 0 Å². The molecule has 0 bridgehead atoms. The average Bonchev–Trinajstić information content (AvgIpc) is 2.63. The molecular weight excluding hydrogens is 236 g/mol. The van der Waals surface area contributed by atoms with Crippen LogP contribution in [0.5, 0.6) is 0 Å². The van der Waals surface area contributed by atoms with Crippen LogP contribution >= 0.6 is 0 Å². The van der Waals surface area contributed by atoms with Crippen molar-refractivity contribution in [2.75, 3.05) is 13.7 Å². The third-order valence-electron chi connectivity index (χ3n) is 2.81. The van der Waals surface area contributed by atoms with E-state index in [1.165, 1.54) is 12.1 Å². The Kier molecular flexibility index (Phi) is 3.20. The summed E-state index contributed by atoms with van der Waals surface area (Å²) in [4.78, 5) is 25.3. The highest BCUT2D eigenvalue weighted by molar-refractivity contribution is 5.92. The van der Waals surface area contributed by atoms with Crippen LogP contribution in [-0.4, -0.2) is 34.3 Å². The zero-order chi connectivity index (χ0) is 13.3. The topological polar surface area (TPSA) is 84.3 Å². The van der Waals surface area contributed by atoms with Crippen LogP contribution in [0.1, 0.15) is 23.3 Å². The zero-order valence-corrected chi connectivity index (χ0v) is 10.1. The van der Waals surface area contributed by atoms with Crippen molar-refractivity contribution in [2.24, 2.45) is 0 Å². The molecule has 2 aromatic rings. The van der Waals surface area contributed by atoms with E-state index < -0.39 is 5.97 Å². The lowest BCUT2D eigenvalue weighted by atomic mass is 10.2. The van der Waals surface area contributed by atoms with Crippen molar-refractivity contribution in [1.29, 1.82) is 0 Å². The first-order valence-electron chi connectivity index (χ1n) is 5.51. The van der Waals surface area contributed by atoms with Crippen LogP contribution in [0.15, 0.2) is 23.0 Å². The lowest BCUT2D eigenvalue weighted by Gasteiger charge is -2.12. The first-order chi connectivity index (χ1) is 8.54. The number of hydrogen-bond acceptors (Lipinski definition) is 3. The molecule has 1 atom stereocenters. The summed E-state index contributed by atoms with van der Waals surface area (Å²) >= 11 is 0. The van der Waals surface area contributed by atoms with Crippen molar-refractivity contribution in [2.45, 2.75) is 13.0 Å². The number of benzene rings is 1. The number of ether oxygens (including phenoxy) is 1. The van der Waals surface area contributed by atoms with Gasteiger partial charge < -0.3 is 14.8 Å². The van der Waals surface area contributed by atoms with Crippen LogP contribution in [0.4, 0.5) is 0 Å². The number of aromatic carboxylic acids is 1. The molecule has 0 spiro atoms. The molecule has 1 aromatic carbocycles. The zero-order valence-electron chi connectivity index (χ0n) is 10.1. The Morgan fingerprint density at radius 2 is 2.28 bits per heavy atom. The number of methoxy groups -OCH3 is 1. The number of hydrogen-bond donors (Lipinski definition) is 2. The summed E-state index contributed by atoms with van der Waals surface area (Å²) in [6.45, 7) is 2.27. The molecule has 0 aliphatic rings. The number of nitrogens with zero attached hydrogens (tertiary/aromatic N) is 1. The van der Waals surface area contributed by atoms with Gasteiger partial charge in [0.15, 0.2) is 0 Å².